The molecule has 0 fully saturated rings. The molecule has 4 rings (SSSR count). The second-order valence-corrected chi connectivity index (χ2v) is 11.6. The monoisotopic (exact) mass is 618 g/mol. The summed E-state index contributed by atoms with van der Waals surface area (Å²) < 4.78 is 34.8. The lowest BCUT2D eigenvalue weighted by molar-refractivity contribution is -0.116. The van der Waals surface area contributed by atoms with Crippen LogP contribution < -0.4 is 10.1 Å². The van der Waals surface area contributed by atoms with Gasteiger partial charge in [-0.3, -0.25) is 4.79 Å². The van der Waals surface area contributed by atoms with Gasteiger partial charge in [-0.25, -0.2) is 8.42 Å². The average Bonchev–Trinajstić information content (AvgIpc) is 2.88. The van der Waals surface area contributed by atoms with Crippen molar-refractivity contribution in [1.29, 1.82) is 0 Å². The van der Waals surface area contributed by atoms with E-state index in [2.05, 4.69) is 21.2 Å². The van der Waals surface area contributed by atoms with Gasteiger partial charge in [0.2, 0.25) is 15.9 Å². The minimum absolute atomic E-state index is 0.0522. The number of carbonyl (C=O) groups is 1. The standard InChI is InChI=1S/C27H21BrCl2N2O4S/c28-20-11-13-22(14-12-20)37(34,35)32(17-19-10-15-23(29)24(30)16-19)18-27(33)31-25-8-4-5-9-26(25)36-21-6-2-1-3-7-21/h1-16H,17-18H2,(H,31,33). The van der Waals surface area contributed by atoms with E-state index >= 15 is 0 Å². The molecule has 1 N–H and O–H groups in total. The number of ether oxygens (including phenoxy) is 1. The lowest BCUT2D eigenvalue weighted by Gasteiger charge is -2.22. The molecule has 4 aromatic rings. The van der Waals surface area contributed by atoms with E-state index in [0.29, 0.717) is 27.8 Å². The number of rotatable bonds is 9. The zero-order chi connectivity index (χ0) is 26.4. The molecule has 0 aliphatic heterocycles. The highest BCUT2D eigenvalue weighted by atomic mass is 79.9. The van der Waals surface area contributed by atoms with Gasteiger partial charge in [-0.15, -0.1) is 0 Å². The van der Waals surface area contributed by atoms with Gasteiger partial charge in [0.1, 0.15) is 5.75 Å². The van der Waals surface area contributed by atoms with Crippen LogP contribution in [0.25, 0.3) is 0 Å². The number of para-hydroxylation sites is 3. The van der Waals surface area contributed by atoms with Crippen molar-refractivity contribution >= 4 is 60.7 Å². The zero-order valence-corrected chi connectivity index (χ0v) is 23.2. The maximum atomic E-state index is 13.5. The van der Waals surface area contributed by atoms with Crippen LogP contribution in [0.3, 0.4) is 0 Å². The Labute approximate surface area is 234 Å². The molecule has 6 nitrogen and oxygen atoms in total. The van der Waals surface area contributed by atoms with Crippen molar-refractivity contribution in [2.45, 2.75) is 11.4 Å². The average molecular weight is 620 g/mol. The van der Waals surface area contributed by atoms with E-state index < -0.39 is 22.5 Å². The van der Waals surface area contributed by atoms with Crippen molar-refractivity contribution < 1.29 is 17.9 Å². The first-order valence-electron chi connectivity index (χ1n) is 11.0. The second-order valence-electron chi connectivity index (χ2n) is 7.93. The van der Waals surface area contributed by atoms with Gasteiger partial charge in [-0.05, 0) is 66.2 Å². The van der Waals surface area contributed by atoms with Crippen LogP contribution in [0.15, 0.2) is 106 Å². The molecule has 37 heavy (non-hydrogen) atoms. The molecule has 4 aromatic carbocycles. The first kappa shape index (κ1) is 27.2. The van der Waals surface area contributed by atoms with Crippen LogP contribution >= 0.6 is 39.1 Å². The molecular weight excluding hydrogens is 599 g/mol. The van der Waals surface area contributed by atoms with Crippen LogP contribution in [0.5, 0.6) is 11.5 Å². The zero-order valence-electron chi connectivity index (χ0n) is 19.3. The number of amides is 1. The summed E-state index contributed by atoms with van der Waals surface area (Å²) in [6.45, 7) is -0.539. The van der Waals surface area contributed by atoms with Crippen molar-refractivity contribution in [2.75, 3.05) is 11.9 Å². The summed E-state index contributed by atoms with van der Waals surface area (Å²) in [5.74, 6) is 0.488. The van der Waals surface area contributed by atoms with Crippen LogP contribution in [0.1, 0.15) is 5.56 Å². The maximum Gasteiger partial charge on any atom is 0.243 e. The molecule has 0 unspecified atom stereocenters. The van der Waals surface area contributed by atoms with Crippen molar-refractivity contribution in [1.82, 2.24) is 4.31 Å². The summed E-state index contributed by atoms with van der Waals surface area (Å²) in [4.78, 5) is 13.2. The molecule has 0 aliphatic rings. The Morgan fingerprint density at radius 2 is 1.54 bits per heavy atom. The third-order valence-electron chi connectivity index (χ3n) is 5.25. The largest absolute Gasteiger partial charge is 0.455 e. The van der Waals surface area contributed by atoms with E-state index in [1.54, 1.807) is 66.7 Å². The lowest BCUT2D eigenvalue weighted by atomic mass is 10.2. The smallest absolute Gasteiger partial charge is 0.243 e. The summed E-state index contributed by atoms with van der Waals surface area (Å²) >= 11 is 15.5. The predicted molar refractivity (Wildman–Crippen MR) is 150 cm³/mol. The minimum Gasteiger partial charge on any atom is -0.455 e. The molecule has 0 bridgehead atoms. The number of halogens is 3. The molecular formula is C27H21BrCl2N2O4S. The van der Waals surface area contributed by atoms with Crippen LogP contribution in [0.4, 0.5) is 5.69 Å². The number of benzene rings is 4. The van der Waals surface area contributed by atoms with Crippen LogP contribution in [-0.4, -0.2) is 25.2 Å². The number of nitrogens with zero attached hydrogens (tertiary/aromatic N) is 1. The van der Waals surface area contributed by atoms with Gasteiger partial charge < -0.3 is 10.1 Å². The summed E-state index contributed by atoms with van der Waals surface area (Å²) in [6, 6.07) is 27.1. The molecule has 0 radical (unpaired) electrons. The Bertz CT molecular complexity index is 1500. The van der Waals surface area contributed by atoms with Gasteiger partial charge >= 0.3 is 0 Å². The molecule has 10 heteroatoms. The van der Waals surface area contributed by atoms with Gasteiger partial charge in [-0.2, -0.15) is 4.31 Å². The Hall–Kier alpha value is -2.88. The molecule has 190 valence electrons. The maximum absolute atomic E-state index is 13.5. The fraction of sp³-hybridized carbons (Fsp3) is 0.0741. The van der Waals surface area contributed by atoms with Gasteiger partial charge in [0.15, 0.2) is 5.75 Å². The molecule has 0 saturated heterocycles. The first-order chi connectivity index (χ1) is 17.7. The summed E-state index contributed by atoms with van der Waals surface area (Å²) in [6.07, 6.45) is 0. The molecule has 1 amide bonds. The molecule has 0 aromatic heterocycles. The van der Waals surface area contributed by atoms with E-state index in [1.807, 2.05) is 18.2 Å². The summed E-state index contributed by atoms with van der Waals surface area (Å²) in [7, 11) is -4.04. The van der Waals surface area contributed by atoms with E-state index in [4.69, 9.17) is 27.9 Å². The van der Waals surface area contributed by atoms with Crippen molar-refractivity contribution in [2.24, 2.45) is 0 Å². The minimum atomic E-state index is -4.04. The van der Waals surface area contributed by atoms with Gasteiger partial charge in [0.05, 0.1) is 27.2 Å². The van der Waals surface area contributed by atoms with Crippen molar-refractivity contribution in [3.8, 4) is 11.5 Å². The number of nitrogens with one attached hydrogen (secondary N) is 1. The third kappa shape index (κ3) is 7.12. The quantitative estimate of drug-likeness (QED) is 0.212. The van der Waals surface area contributed by atoms with E-state index in [-0.39, 0.29) is 16.5 Å². The number of sulfonamides is 1. The number of anilines is 1. The normalized spacial score (nSPS) is 11.4. The summed E-state index contributed by atoms with van der Waals surface area (Å²) in [5.41, 5.74) is 0.988. The van der Waals surface area contributed by atoms with E-state index in [1.165, 1.54) is 12.1 Å². The number of hydrogen-bond acceptors (Lipinski definition) is 4. The number of carbonyl (C=O) groups excluding carboxylic acids is 1. The number of hydrogen-bond donors (Lipinski definition) is 1. The van der Waals surface area contributed by atoms with Crippen LogP contribution in [0.2, 0.25) is 10.0 Å². The fourth-order valence-electron chi connectivity index (χ4n) is 3.45. The van der Waals surface area contributed by atoms with Crippen LogP contribution in [-0.2, 0) is 21.4 Å². The van der Waals surface area contributed by atoms with E-state index in [0.717, 1.165) is 8.78 Å². The highest BCUT2D eigenvalue weighted by Gasteiger charge is 2.27. The van der Waals surface area contributed by atoms with E-state index in [9.17, 15) is 13.2 Å². The predicted octanol–water partition coefficient (Wildman–Crippen LogP) is 7.38. The topological polar surface area (TPSA) is 75.7 Å². The second kappa shape index (κ2) is 12.1. The molecule has 0 heterocycles. The van der Waals surface area contributed by atoms with Gasteiger partial charge in [-0.1, -0.05) is 75.5 Å². The molecule has 0 aliphatic carbocycles. The first-order valence-corrected chi connectivity index (χ1v) is 14.0. The Morgan fingerprint density at radius 3 is 2.24 bits per heavy atom. The van der Waals surface area contributed by atoms with Crippen molar-refractivity contribution in [3.05, 3.63) is 117 Å². The Kier molecular flexibility index (Phi) is 8.89. The van der Waals surface area contributed by atoms with Crippen LogP contribution in [0, 0.1) is 0 Å². The SMILES string of the molecule is O=C(CN(Cc1ccc(Cl)c(Cl)c1)S(=O)(=O)c1ccc(Br)cc1)Nc1ccccc1Oc1ccccc1. The van der Waals surface area contributed by atoms with Gasteiger partial charge in [0, 0.05) is 11.0 Å². The Morgan fingerprint density at radius 1 is 0.865 bits per heavy atom. The van der Waals surface area contributed by atoms with Gasteiger partial charge in [0.25, 0.3) is 0 Å². The molecule has 0 spiro atoms. The lowest BCUT2D eigenvalue weighted by Crippen LogP contribution is -2.37. The third-order valence-corrected chi connectivity index (χ3v) is 8.32. The molecule has 0 saturated carbocycles. The molecule has 0 atom stereocenters. The Balaban J connectivity index is 1.59. The highest BCUT2D eigenvalue weighted by molar-refractivity contribution is 9.10. The fourth-order valence-corrected chi connectivity index (χ4v) is 5.42. The summed E-state index contributed by atoms with van der Waals surface area (Å²) in [5, 5.41) is 3.41. The highest BCUT2D eigenvalue weighted by Crippen LogP contribution is 2.30. The van der Waals surface area contributed by atoms with Crippen molar-refractivity contribution in [3.63, 3.8) is 0 Å².